The summed E-state index contributed by atoms with van der Waals surface area (Å²) in [6.07, 6.45) is 0. The third-order valence-electron chi connectivity index (χ3n) is 5.49. The fraction of sp³-hybridized carbons (Fsp3) is 0.333. The summed E-state index contributed by atoms with van der Waals surface area (Å²) >= 11 is 1.56. The van der Waals surface area contributed by atoms with E-state index in [0.717, 1.165) is 12.3 Å². The van der Waals surface area contributed by atoms with Gasteiger partial charge in [-0.25, -0.2) is 0 Å². The van der Waals surface area contributed by atoms with Crippen LogP contribution in [0.4, 0.5) is 11.4 Å². The van der Waals surface area contributed by atoms with Crippen LogP contribution < -0.4 is 10.2 Å². The predicted octanol–water partition coefficient (Wildman–Crippen LogP) is 3.89. The van der Waals surface area contributed by atoms with Crippen LogP contribution in [0.2, 0.25) is 0 Å². The molecule has 1 atom stereocenters. The number of carbonyl (C=O) groups is 2. The van der Waals surface area contributed by atoms with E-state index >= 15 is 0 Å². The number of aryl methyl sites for hydroxylation is 1. The largest absolute Gasteiger partial charge is 0.487 e. The summed E-state index contributed by atoms with van der Waals surface area (Å²) in [5, 5.41) is 4.55. The van der Waals surface area contributed by atoms with Gasteiger partial charge in [0.25, 0.3) is 11.8 Å². The van der Waals surface area contributed by atoms with Gasteiger partial charge in [0, 0.05) is 53.8 Å². The first-order valence-corrected chi connectivity index (χ1v) is 11.5. The van der Waals surface area contributed by atoms with Gasteiger partial charge >= 0.3 is 0 Å². The van der Waals surface area contributed by atoms with Crippen LogP contribution in [0.5, 0.6) is 0 Å². The molecule has 162 valence electrons. The molecule has 2 heterocycles. The van der Waals surface area contributed by atoms with Gasteiger partial charge in [0.05, 0.1) is 6.61 Å². The van der Waals surface area contributed by atoms with Gasteiger partial charge in [0.1, 0.15) is 0 Å². The average molecular weight is 438 g/mol. The molecule has 1 fully saturated rings. The summed E-state index contributed by atoms with van der Waals surface area (Å²) in [5.41, 5.74) is 3.58. The fourth-order valence-electron chi connectivity index (χ4n) is 3.92. The van der Waals surface area contributed by atoms with Crippen LogP contribution in [0.3, 0.4) is 0 Å². The molecule has 0 radical (unpaired) electrons. The molecule has 2 aliphatic heterocycles. The van der Waals surface area contributed by atoms with E-state index in [4.69, 9.17) is 4.74 Å². The Morgan fingerprint density at radius 1 is 1.13 bits per heavy atom. The van der Waals surface area contributed by atoms with Crippen molar-refractivity contribution in [3.63, 3.8) is 0 Å². The number of anilines is 2. The zero-order valence-corrected chi connectivity index (χ0v) is 18.7. The number of nitrogens with one attached hydrogen (secondary N) is 1. The predicted molar refractivity (Wildman–Crippen MR) is 125 cm³/mol. The lowest BCUT2D eigenvalue weighted by Crippen LogP contribution is -2.53. The average Bonchev–Trinajstić information content (AvgIpc) is 2.79. The molecule has 2 aromatic rings. The Morgan fingerprint density at radius 3 is 2.71 bits per heavy atom. The van der Waals surface area contributed by atoms with Crippen molar-refractivity contribution >= 4 is 35.0 Å². The fourth-order valence-corrected chi connectivity index (χ4v) is 4.55. The maximum atomic E-state index is 13.1. The smallest absolute Gasteiger partial charge is 0.291 e. The Hall–Kier alpha value is -2.93. The molecular formula is C24H27N3O3S. The monoisotopic (exact) mass is 437 g/mol. The minimum absolute atomic E-state index is 0.0180. The highest BCUT2D eigenvalue weighted by molar-refractivity contribution is 8.02. The molecule has 1 N–H and O–H groups in total. The van der Waals surface area contributed by atoms with Crippen molar-refractivity contribution < 1.29 is 14.3 Å². The summed E-state index contributed by atoms with van der Waals surface area (Å²) < 4.78 is 5.40. The van der Waals surface area contributed by atoms with E-state index in [2.05, 4.69) is 48.3 Å². The number of nitrogens with zero attached hydrogens (tertiary/aromatic N) is 2. The van der Waals surface area contributed by atoms with Gasteiger partial charge in [-0.15, -0.1) is 11.8 Å². The van der Waals surface area contributed by atoms with E-state index in [9.17, 15) is 9.59 Å². The van der Waals surface area contributed by atoms with E-state index in [1.54, 1.807) is 41.4 Å². The number of thioether (sulfide) groups is 1. The molecule has 2 amide bonds. The highest BCUT2D eigenvalue weighted by Crippen LogP contribution is 2.23. The van der Waals surface area contributed by atoms with Crippen LogP contribution in [0.25, 0.3) is 0 Å². The third kappa shape index (κ3) is 5.05. The summed E-state index contributed by atoms with van der Waals surface area (Å²) in [6, 6.07) is 15.8. The molecule has 1 saturated heterocycles. The standard InChI is InChI=1S/C24H27N3O3S/c1-17-5-3-8-21(13-17)27-10-9-26(15-18(27)2)24(29)19-6-4-7-20(14-19)25-23(28)22-16-31-12-11-30-22/h3-8,13-14,16,18H,9-12,15H2,1-2H3,(H,25,28)/t18-/m1/s1. The Bertz CT molecular complexity index is 1010. The van der Waals surface area contributed by atoms with E-state index < -0.39 is 0 Å². The molecule has 0 spiro atoms. The molecular weight excluding hydrogens is 410 g/mol. The van der Waals surface area contributed by atoms with E-state index in [1.807, 2.05) is 4.90 Å². The molecule has 2 aromatic carbocycles. The van der Waals surface area contributed by atoms with Crippen molar-refractivity contribution in [3.8, 4) is 0 Å². The Labute approximate surface area is 187 Å². The van der Waals surface area contributed by atoms with Crippen LogP contribution in [0.1, 0.15) is 22.8 Å². The van der Waals surface area contributed by atoms with Crippen LogP contribution in [-0.2, 0) is 9.53 Å². The molecule has 2 aliphatic rings. The quantitative estimate of drug-likeness (QED) is 0.786. The maximum absolute atomic E-state index is 13.1. The molecule has 0 aromatic heterocycles. The minimum Gasteiger partial charge on any atom is -0.487 e. The number of hydrogen-bond acceptors (Lipinski definition) is 5. The number of carbonyl (C=O) groups excluding carboxylic acids is 2. The summed E-state index contributed by atoms with van der Waals surface area (Å²) in [4.78, 5) is 29.7. The topological polar surface area (TPSA) is 61.9 Å². The summed E-state index contributed by atoms with van der Waals surface area (Å²) in [5.74, 6) is 0.845. The molecule has 31 heavy (non-hydrogen) atoms. The number of piperazine rings is 1. The second kappa shape index (κ2) is 9.47. The number of ether oxygens (including phenoxy) is 1. The Morgan fingerprint density at radius 2 is 1.97 bits per heavy atom. The van der Waals surface area contributed by atoms with E-state index in [1.165, 1.54) is 11.3 Å². The SMILES string of the molecule is Cc1cccc(N2CCN(C(=O)c3cccc(NC(=O)C4=CSCCO4)c3)C[C@H]2C)c1. The molecule has 6 nitrogen and oxygen atoms in total. The normalized spacial score (nSPS) is 18.8. The number of benzene rings is 2. The van der Waals surface area contributed by atoms with E-state index in [0.29, 0.717) is 36.7 Å². The second-order valence-corrected chi connectivity index (χ2v) is 8.85. The molecule has 0 bridgehead atoms. The van der Waals surface area contributed by atoms with Crippen molar-refractivity contribution in [2.24, 2.45) is 0 Å². The number of hydrogen-bond donors (Lipinski definition) is 1. The maximum Gasteiger partial charge on any atom is 0.291 e. The lowest BCUT2D eigenvalue weighted by atomic mass is 10.1. The van der Waals surface area contributed by atoms with Gasteiger partial charge in [-0.05, 0) is 49.7 Å². The first-order valence-electron chi connectivity index (χ1n) is 10.5. The van der Waals surface area contributed by atoms with Gasteiger partial charge in [-0.2, -0.15) is 0 Å². The number of amides is 2. The van der Waals surface area contributed by atoms with Crippen LogP contribution >= 0.6 is 11.8 Å². The van der Waals surface area contributed by atoms with Crippen molar-refractivity contribution in [1.29, 1.82) is 0 Å². The molecule has 0 saturated carbocycles. The third-order valence-corrected chi connectivity index (χ3v) is 6.27. The van der Waals surface area contributed by atoms with Crippen molar-refractivity contribution in [1.82, 2.24) is 4.90 Å². The zero-order valence-electron chi connectivity index (χ0n) is 17.8. The summed E-state index contributed by atoms with van der Waals surface area (Å²) in [6.45, 7) is 6.86. The van der Waals surface area contributed by atoms with Crippen LogP contribution in [-0.4, -0.2) is 54.8 Å². The first kappa shape index (κ1) is 21.3. The molecule has 4 rings (SSSR count). The molecule has 0 aliphatic carbocycles. The van der Waals surface area contributed by atoms with Crippen LogP contribution in [0.15, 0.2) is 59.7 Å². The highest BCUT2D eigenvalue weighted by atomic mass is 32.2. The zero-order chi connectivity index (χ0) is 21.8. The lowest BCUT2D eigenvalue weighted by molar-refractivity contribution is -0.116. The van der Waals surface area contributed by atoms with Gasteiger partial charge in [0.2, 0.25) is 0 Å². The van der Waals surface area contributed by atoms with Gasteiger partial charge < -0.3 is 19.9 Å². The highest BCUT2D eigenvalue weighted by Gasteiger charge is 2.27. The minimum atomic E-state index is -0.294. The van der Waals surface area contributed by atoms with Crippen molar-refractivity contribution in [2.45, 2.75) is 19.9 Å². The second-order valence-electron chi connectivity index (χ2n) is 7.87. The molecule has 7 heteroatoms. The van der Waals surface area contributed by atoms with Gasteiger partial charge in [-0.3, -0.25) is 9.59 Å². The van der Waals surface area contributed by atoms with Gasteiger partial charge in [-0.1, -0.05) is 18.2 Å². The number of rotatable bonds is 4. The van der Waals surface area contributed by atoms with Gasteiger partial charge in [0.15, 0.2) is 5.76 Å². The molecule has 0 unspecified atom stereocenters. The van der Waals surface area contributed by atoms with Crippen molar-refractivity contribution in [3.05, 3.63) is 70.8 Å². The summed E-state index contributed by atoms with van der Waals surface area (Å²) in [7, 11) is 0. The first-order chi connectivity index (χ1) is 15.0. The van der Waals surface area contributed by atoms with Crippen molar-refractivity contribution in [2.75, 3.05) is 42.2 Å². The Balaban J connectivity index is 1.41. The van der Waals surface area contributed by atoms with Crippen LogP contribution in [0, 0.1) is 6.92 Å². The lowest BCUT2D eigenvalue weighted by Gasteiger charge is -2.41. The Kier molecular flexibility index (Phi) is 6.51. The van der Waals surface area contributed by atoms with E-state index in [-0.39, 0.29) is 17.9 Å².